The molecular weight excluding hydrogens is 364 g/mol. The number of hydrogen-bond acceptors (Lipinski definition) is 3. The maximum absolute atomic E-state index is 11.3. The molecular formula is C25H42O4. The maximum atomic E-state index is 11.3. The van der Waals surface area contributed by atoms with Crippen LogP contribution in [-0.2, 0) is 9.53 Å². The summed E-state index contributed by atoms with van der Waals surface area (Å²) < 4.78 is 6.55. The molecule has 0 heterocycles. The number of carbonyl (C=O) groups is 1. The molecule has 0 amide bonds. The van der Waals surface area contributed by atoms with Gasteiger partial charge in [-0.25, -0.2) is 0 Å². The zero-order valence-corrected chi connectivity index (χ0v) is 19.0. The van der Waals surface area contributed by atoms with E-state index in [1.165, 1.54) is 32.1 Å². The number of aliphatic hydroxyl groups excluding tert-OH is 1. The fraction of sp³-hybridized carbons (Fsp3) is 0.960. The lowest BCUT2D eigenvalue weighted by Gasteiger charge is -2.67. The second kappa shape index (κ2) is 7.51. The largest absolute Gasteiger partial charge is 0.481 e. The minimum atomic E-state index is -0.706. The van der Waals surface area contributed by atoms with Gasteiger partial charge < -0.3 is 14.9 Å². The normalized spacial score (nSPS) is 50.3. The van der Waals surface area contributed by atoms with Crippen LogP contribution in [0.5, 0.6) is 0 Å². The SMILES string of the molecule is CO[C@@]1(C(C)CCC(=O)O)C[C@@H]2C[C@H](O)CC[C@]2(C)[C@H]2CC[C@@]3(C)CCC[C@H]3[C@H]21. The number of ether oxygens (including phenoxy) is 1. The summed E-state index contributed by atoms with van der Waals surface area (Å²) in [6.07, 6.45) is 11.2. The van der Waals surface area contributed by atoms with E-state index in [4.69, 9.17) is 4.74 Å². The molecule has 0 spiro atoms. The van der Waals surface area contributed by atoms with E-state index in [2.05, 4.69) is 20.8 Å². The quantitative estimate of drug-likeness (QED) is 0.652. The highest BCUT2D eigenvalue weighted by Gasteiger charge is 2.66. The highest BCUT2D eigenvalue weighted by molar-refractivity contribution is 5.66. The highest BCUT2D eigenvalue weighted by Crippen LogP contribution is 2.70. The molecule has 4 saturated carbocycles. The van der Waals surface area contributed by atoms with Crippen molar-refractivity contribution in [2.45, 2.75) is 103 Å². The molecule has 4 heteroatoms. The first-order valence-corrected chi connectivity index (χ1v) is 12.1. The Morgan fingerprint density at radius 2 is 1.90 bits per heavy atom. The van der Waals surface area contributed by atoms with Crippen molar-refractivity contribution < 1.29 is 19.7 Å². The molecule has 0 aromatic heterocycles. The molecule has 29 heavy (non-hydrogen) atoms. The maximum Gasteiger partial charge on any atom is 0.303 e. The number of aliphatic carboxylic acids is 1. The van der Waals surface area contributed by atoms with Crippen molar-refractivity contribution in [3.63, 3.8) is 0 Å². The van der Waals surface area contributed by atoms with Gasteiger partial charge in [0, 0.05) is 13.5 Å². The van der Waals surface area contributed by atoms with Gasteiger partial charge in [-0.3, -0.25) is 4.79 Å². The van der Waals surface area contributed by atoms with Crippen LogP contribution >= 0.6 is 0 Å². The van der Waals surface area contributed by atoms with Crippen LogP contribution in [0.4, 0.5) is 0 Å². The number of rotatable bonds is 5. The number of aliphatic hydroxyl groups is 1. The van der Waals surface area contributed by atoms with Gasteiger partial charge in [0.1, 0.15) is 0 Å². The van der Waals surface area contributed by atoms with Crippen molar-refractivity contribution in [1.82, 2.24) is 0 Å². The van der Waals surface area contributed by atoms with Gasteiger partial charge in [0.2, 0.25) is 0 Å². The summed E-state index contributed by atoms with van der Waals surface area (Å²) in [5.74, 6) is 1.85. The molecule has 4 rings (SSSR count). The van der Waals surface area contributed by atoms with Gasteiger partial charge in [-0.1, -0.05) is 27.2 Å². The first-order valence-electron chi connectivity index (χ1n) is 12.1. The van der Waals surface area contributed by atoms with Crippen molar-refractivity contribution in [2.24, 2.45) is 40.4 Å². The third-order valence-corrected chi connectivity index (χ3v) is 10.5. The first kappa shape index (κ1) is 21.6. The number of methoxy groups -OCH3 is 1. The van der Waals surface area contributed by atoms with E-state index in [0.29, 0.717) is 40.9 Å². The smallest absolute Gasteiger partial charge is 0.303 e. The average molecular weight is 407 g/mol. The Kier molecular flexibility index (Phi) is 5.60. The molecule has 1 unspecified atom stereocenters. The van der Waals surface area contributed by atoms with Gasteiger partial charge >= 0.3 is 5.97 Å². The second-order valence-electron chi connectivity index (χ2n) is 11.7. The third kappa shape index (κ3) is 3.28. The molecule has 0 bridgehead atoms. The lowest BCUT2D eigenvalue weighted by molar-refractivity contribution is -0.244. The highest BCUT2D eigenvalue weighted by atomic mass is 16.5. The molecule has 4 fully saturated rings. The number of hydrogen-bond donors (Lipinski definition) is 2. The molecule has 4 nitrogen and oxygen atoms in total. The van der Waals surface area contributed by atoms with E-state index in [0.717, 1.165) is 25.7 Å². The minimum absolute atomic E-state index is 0.186. The molecule has 9 atom stereocenters. The second-order valence-corrected chi connectivity index (χ2v) is 11.7. The first-order chi connectivity index (χ1) is 13.7. The predicted octanol–water partition coefficient (Wildman–Crippen LogP) is 5.28. The van der Waals surface area contributed by atoms with Crippen molar-refractivity contribution in [1.29, 1.82) is 0 Å². The average Bonchev–Trinajstić information content (AvgIpc) is 3.07. The summed E-state index contributed by atoms with van der Waals surface area (Å²) in [6, 6.07) is 0. The van der Waals surface area contributed by atoms with Gasteiger partial charge in [0.15, 0.2) is 0 Å². The van der Waals surface area contributed by atoms with Crippen molar-refractivity contribution in [3.8, 4) is 0 Å². The standard InChI is InChI=1S/C25H42O4/c1-16(7-8-21(27)28)25(29-4)15-17-14-18(26)9-13-24(17,3)20-10-12-23(2)11-5-6-19(23)22(20)25/h16-20,22,26H,5-15H2,1-4H3,(H,27,28)/t16?,17-,18+,19-,20-,22+,23+,24-,25+/m0/s1. The van der Waals surface area contributed by atoms with E-state index in [1.54, 1.807) is 0 Å². The molecule has 0 radical (unpaired) electrons. The summed E-state index contributed by atoms with van der Waals surface area (Å²) in [5, 5.41) is 19.8. The van der Waals surface area contributed by atoms with Crippen LogP contribution < -0.4 is 0 Å². The topological polar surface area (TPSA) is 66.8 Å². The lowest BCUT2D eigenvalue weighted by atomic mass is 9.40. The van der Waals surface area contributed by atoms with E-state index in [-0.39, 0.29) is 24.0 Å². The molecule has 0 saturated heterocycles. The van der Waals surface area contributed by atoms with E-state index < -0.39 is 5.97 Å². The Morgan fingerprint density at radius 1 is 1.14 bits per heavy atom. The Bertz CT molecular complexity index is 634. The molecule has 4 aliphatic carbocycles. The van der Waals surface area contributed by atoms with E-state index in [9.17, 15) is 15.0 Å². The number of fused-ring (bicyclic) bond motifs is 5. The Labute approximate surface area is 176 Å². The lowest BCUT2D eigenvalue weighted by Crippen LogP contribution is -2.65. The molecule has 2 N–H and O–H groups in total. The van der Waals surface area contributed by atoms with Crippen molar-refractivity contribution in [2.75, 3.05) is 7.11 Å². The van der Waals surface area contributed by atoms with Crippen LogP contribution in [-0.4, -0.2) is 35.0 Å². The zero-order valence-electron chi connectivity index (χ0n) is 19.0. The van der Waals surface area contributed by atoms with Gasteiger partial charge in [-0.15, -0.1) is 0 Å². The summed E-state index contributed by atoms with van der Waals surface area (Å²) in [7, 11) is 1.89. The van der Waals surface area contributed by atoms with Crippen LogP contribution in [0.25, 0.3) is 0 Å². The summed E-state index contributed by atoms with van der Waals surface area (Å²) in [6.45, 7) is 7.27. The predicted molar refractivity (Wildman–Crippen MR) is 114 cm³/mol. The number of carboxylic acid groups (broad SMARTS) is 1. The summed E-state index contributed by atoms with van der Waals surface area (Å²) in [4.78, 5) is 11.3. The van der Waals surface area contributed by atoms with Crippen LogP contribution in [0, 0.1) is 40.4 Å². The third-order valence-electron chi connectivity index (χ3n) is 10.5. The van der Waals surface area contributed by atoms with Gasteiger partial charge in [0.05, 0.1) is 11.7 Å². The fourth-order valence-electron chi connectivity index (χ4n) is 8.81. The van der Waals surface area contributed by atoms with Crippen LogP contribution in [0.15, 0.2) is 0 Å². The summed E-state index contributed by atoms with van der Waals surface area (Å²) >= 11 is 0. The monoisotopic (exact) mass is 406 g/mol. The molecule has 0 aliphatic heterocycles. The van der Waals surface area contributed by atoms with Crippen molar-refractivity contribution in [3.05, 3.63) is 0 Å². The van der Waals surface area contributed by atoms with E-state index in [1.807, 2.05) is 7.11 Å². The van der Waals surface area contributed by atoms with Gasteiger partial charge in [-0.05, 0) is 98.2 Å². The van der Waals surface area contributed by atoms with Gasteiger partial charge in [0.25, 0.3) is 0 Å². The fourth-order valence-corrected chi connectivity index (χ4v) is 8.81. The minimum Gasteiger partial charge on any atom is -0.481 e. The van der Waals surface area contributed by atoms with Crippen LogP contribution in [0.3, 0.4) is 0 Å². The number of carboxylic acids is 1. The molecule has 4 aliphatic rings. The Morgan fingerprint density at radius 3 is 2.59 bits per heavy atom. The Balaban J connectivity index is 1.76. The van der Waals surface area contributed by atoms with Gasteiger partial charge in [-0.2, -0.15) is 0 Å². The molecule has 0 aromatic rings. The zero-order chi connectivity index (χ0) is 21.0. The Hall–Kier alpha value is -0.610. The molecule has 0 aromatic carbocycles. The van der Waals surface area contributed by atoms with Crippen LogP contribution in [0.2, 0.25) is 0 Å². The van der Waals surface area contributed by atoms with Crippen molar-refractivity contribution >= 4 is 5.97 Å². The summed E-state index contributed by atoms with van der Waals surface area (Å²) in [5.41, 5.74) is 0.468. The van der Waals surface area contributed by atoms with E-state index >= 15 is 0 Å². The van der Waals surface area contributed by atoms with Crippen LogP contribution in [0.1, 0.15) is 91.4 Å². The molecule has 166 valence electrons.